The quantitative estimate of drug-likeness (QED) is 0.847. The number of rotatable bonds is 6. The van der Waals surface area contributed by atoms with E-state index >= 15 is 0 Å². The smallest absolute Gasteiger partial charge is 0.203 e. The molecular formula is C14H23NO3. The third-order valence-corrected chi connectivity index (χ3v) is 3.35. The zero-order valence-electron chi connectivity index (χ0n) is 11.8. The zero-order valence-corrected chi connectivity index (χ0v) is 11.8. The summed E-state index contributed by atoms with van der Waals surface area (Å²) >= 11 is 0. The van der Waals surface area contributed by atoms with Gasteiger partial charge in [0, 0.05) is 11.6 Å². The minimum Gasteiger partial charge on any atom is -0.493 e. The number of benzene rings is 1. The largest absolute Gasteiger partial charge is 0.493 e. The molecule has 2 atom stereocenters. The highest BCUT2D eigenvalue weighted by atomic mass is 16.5. The molecule has 2 N–H and O–H groups in total. The minimum atomic E-state index is -0.0789. The van der Waals surface area contributed by atoms with E-state index in [-0.39, 0.29) is 6.04 Å². The molecule has 0 heterocycles. The number of hydrogen-bond donors (Lipinski definition) is 1. The number of hydrogen-bond acceptors (Lipinski definition) is 4. The fourth-order valence-electron chi connectivity index (χ4n) is 1.95. The highest BCUT2D eigenvalue weighted by Gasteiger charge is 2.22. The van der Waals surface area contributed by atoms with Crippen LogP contribution in [-0.4, -0.2) is 21.3 Å². The highest BCUT2D eigenvalue weighted by molar-refractivity contribution is 5.56. The number of methoxy groups -OCH3 is 3. The van der Waals surface area contributed by atoms with Crippen molar-refractivity contribution in [2.75, 3.05) is 21.3 Å². The SMILES string of the molecule is CCC(C)[C@@H](N)c1ccc(OC)c(OC)c1OC. The normalized spacial score (nSPS) is 13.9. The van der Waals surface area contributed by atoms with E-state index in [9.17, 15) is 0 Å². The van der Waals surface area contributed by atoms with E-state index in [0.29, 0.717) is 23.2 Å². The fourth-order valence-corrected chi connectivity index (χ4v) is 1.95. The van der Waals surface area contributed by atoms with Gasteiger partial charge in [-0.25, -0.2) is 0 Å². The Kier molecular flexibility index (Phi) is 5.28. The van der Waals surface area contributed by atoms with Gasteiger partial charge in [-0.15, -0.1) is 0 Å². The Balaban J connectivity index is 3.28. The molecule has 1 unspecified atom stereocenters. The van der Waals surface area contributed by atoms with E-state index in [1.807, 2.05) is 12.1 Å². The molecule has 0 spiro atoms. The summed E-state index contributed by atoms with van der Waals surface area (Å²) in [4.78, 5) is 0. The first-order chi connectivity index (χ1) is 8.60. The molecule has 1 rings (SSSR count). The van der Waals surface area contributed by atoms with Gasteiger partial charge in [-0.05, 0) is 18.1 Å². The molecule has 0 bridgehead atoms. The van der Waals surface area contributed by atoms with Crippen molar-refractivity contribution in [3.05, 3.63) is 17.7 Å². The Morgan fingerprint density at radius 2 is 1.67 bits per heavy atom. The molecule has 0 aromatic heterocycles. The molecule has 0 fully saturated rings. The molecule has 0 aliphatic heterocycles. The third-order valence-electron chi connectivity index (χ3n) is 3.35. The van der Waals surface area contributed by atoms with E-state index in [4.69, 9.17) is 19.9 Å². The third kappa shape index (κ3) is 2.70. The van der Waals surface area contributed by atoms with Gasteiger partial charge in [0.1, 0.15) is 0 Å². The Bertz CT molecular complexity index is 393. The van der Waals surface area contributed by atoms with Gasteiger partial charge < -0.3 is 19.9 Å². The average molecular weight is 253 g/mol. The van der Waals surface area contributed by atoms with Crippen LogP contribution in [0.15, 0.2) is 12.1 Å². The molecule has 0 aliphatic carbocycles. The summed E-state index contributed by atoms with van der Waals surface area (Å²) in [6, 6.07) is 3.72. The molecule has 0 saturated heterocycles. The van der Waals surface area contributed by atoms with Crippen molar-refractivity contribution in [3.63, 3.8) is 0 Å². The van der Waals surface area contributed by atoms with Gasteiger partial charge in [-0.2, -0.15) is 0 Å². The molecule has 0 amide bonds. The second-order valence-electron chi connectivity index (χ2n) is 4.33. The Morgan fingerprint density at radius 3 is 2.11 bits per heavy atom. The van der Waals surface area contributed by atoms with Gasteiger partial charge in [0.15, 0.2) is 11.5 Å². The van der Waals surface area contributed by atoms with Crippen molar-refractivity contribution in [2.45, 2.75) is 26.3 Å². The Morgan fingerprint density at radius 1 is 1.06 bits per heavy atom. The maximum absolute atomic E-state index is 6.26. The van der Waals surface area contributed by atoms with E-state index < -0.39 is 0 Å². The molecule has 1 aromatic carbocycles. The molecule has 1 aromatic rings. The molecule has 102 valence electrons. The van der Waals surface area contributed by atoms with Crippen LogP contribution in [0.5, 0.6) is 17.2 Å². The average Bonchev–Trinajstić information content (AvgIpc) is 2.43. The van der Waals surface area contributed by atoms with Gasteiger partial charge in [0.25, 0.3) is 0 Å². The summed E-state index contributed by atoms with van der Waals surface area (Å²) in [5, 5.41) is 0. The van der Waals surface area contributed by atoms with Gasteiger partial charge in [-0.1, -0.05) is 20.3 Å². The van der Waals surface area contributed by atoms with E-state index in [2.05, 4.69) is 13.8 Å². The van der Waals surface area contributed by atoms with Crippen molar-refractivity contribution in [2.24, 2.45) is 11.7 Å². The topological polar surface area (TPSA) is 53.7 Å². The molecule has 4 heteroatoms. The van der Waals surface area contributed by atoms with Crippen LogP contribution in [0.1, 0.15) is 31.9 Å². The van der Waals surface area contributed by atoms with Crippen LogP contribution in [0, 0.1) is 5.92 Å². The fraction of sp³-hybridized carbons (Fsp3) is 0.571. The predicted octanol–water partition coefficient (Wildman–Crippen LogP) is 2.76. The maximum atomic E-state index is 6.26. The predicted molar refractivity (Wildman–Crippen MR) is 72.5 cm³/mol. The van der Waals surface area contributed by atoms with Gasteiger partial charge in [-0.3, -0.25) is 0 Å². The molecular weight excluding hydrogens is 230 g/mol. The van der Waals surface area contributed by atoms with Crippen LogP contribution in [0.3, 0.4) is 0 Å². The lowest BCUT2D eigenvalue weighted by Gasteiger charge is -2.23. The van der Waals surface area contributed by atoms with Crippen LogP contribution < -0.4 is 19.9 Å². The number of ether oxygens (including phenoxy) is 3. The monoisotopic (exact) mass is 253 g/mol. The Labute approximate surface area is 109 Å². The lowest BCUT2D eigenvalue weighted by molar-refractivity contribution is 0.317. The van der Waals surface area contributed by atoms with Crippen molar-refractivity contribution in [3.8, 4) is 17.2 Å². The minimum absolute atomic E-state index is 0.0789. The van der Waals surface area contributed by atoms with Crippen molar-refractivity contribution >= 4 is 0 Å². The molecule has 4 nitrogen and oxygen atoms in total. The standard InChI is InChI=1S/C14H23NO3/c1-6-9(2)12(15)10-7-8-11(16-3)14(18-5)13(10)17-4/h7-9,12H,6,15H2,1-5H3/t9?,12-/m1/s1. The van der Waals surface area contributed by atoms with Crippen LogP contribution in [0.4, 0.5) is 0 Å². The van der Waals surface area contributed by atoms with Crippen LogP contribution in [0.25, 0.3) is 0 Å². The summed E-state index contributed by atoms with van der Waals surface area (Å²) < 4.78 is 16.1. The van der Waals surface area contributed by atoms with Gasteiger partial charge >= 0.3 is 0 Å². The van der Waals surface area contributed by atoms with Gasteiger partial charge in [0.05, 0.1) is 21.3 Å². The van der Waals surface area contributed by atoms with Crippen molar-refractivity contribution < 1.29 is 14.2 Å². The van der Waals surface area contributed by atoms with Crippen LogP contribution in [0.2, 0.25) is 0 Å². The summed E-state index contributed by atoms with van der Waals surface area (Å²) in [5.74, 6) is 2.27. The summed E-state index contributed by atoms with van der Waals surface area (Å²) in [5.41, 5.74) is 7.21. The Hall–Kier alpha value is -1.42. The second kappa shape index (κ2) is 6.50. The van der Waals surface area contributed by atoms with Crippen LogP contribution >= 0.6 is 0 Å². The lowest BCUT2D eigenvalue weighted by atomic mass is 9.92. The molecule has 0 saturated carbocycles. The number of nitrogens with two attached hydrogens (primary N) is 1. The van der Waals surface area contributed by atoms with Crippen LogP contribution in [-0.2, 0) is 0 Å². The molecule has 18 heavy (non-hydrogen) atoms. The highest BCUT2D eigenvalue weighted by Crippen LogP contribution is 2.43. The maximum Gasteiger partial charge on any atom is 0.203 e. The molecule has 0 aliphatic rings. The first-order valence-electron chi connectivity index (χ1n) is 6.15. The first-order valence-corrected chi connectivity index (χ1v) is 6.15. The van der Waals surface area contributed by atoms with Crippen molar-refractivity contribution in [1.82, 2.24) is 0 Å². The van der Waals surface area contributed by atoms with Crippen molar-refractivity contribution in [1.29, 1.82) is 0 Å². The zero-order chi connectivity index (χ0) is 13.7. The van der Waals surface area contributed by atoms with E-state index in [0.717, 1.165) is 12.0 Å². The first kappa shape index (κ1) is 14.6. The lowest BCUT2D eigenvalue weighted by Crippen LogP contribution is -2.19. The van der Waals surface area contributed by atoms with E-state index in [1.54, 1.807) is 21.3 Å². The summed E-state index contributed by atoms with van der Waals surface area (Å²) in [6.07, 6.45) is 1.01. The summed E-state index contributed by atoms with van der Waals surface area (Å²) in [6.45, 7) is 4.25. The van der Waals surface area contributed by atoms with E-state index in [1.165, 1.54) is 0 Å². The second-order valence-corrected chi connectivity index (χ2v) is 4.33. The van der Waals surface area contributed by atoms with Gasteiger partial charge in [0.2, 0.25) is 5.75 Å². The molecule has 0 radical (unpaired) electrons. The summed E-state index contributed by atoms with van der Waals surface area (Å²) in [7, 11) is 4.81.